The van der Waals surface area contributed by atoms with E-state index >= 15 is 0 Å². The largest absolute Gasteiger partial charge is 0.493 e. The SMILES string of the molecule is COc1ccc(/C=C2\SC(=S)N(CC(=O)Nc3ccccn3)C2=O)cc1OC. The van der Waals surface area contributed by atoms with Gasteiger partial charge in [0, 0.05) is 6.20 Å². The van der Waals surface area contributed by atoms with Crippen LogP contribution in [0, 0.1) is 0 Å². The molecule has 1 aliphatic heterocycles. The van der Waals surface area contributed by atoms with E-state index in [2.05, 4.69) is 10.3 Å². The Hall–Kier alpha value is -2.91. The van der Waals surface area contributed by atoms with Crippen molar-refractivity contribution in [2.45, 2.75) is 0 Å². The van der Waals surface area contributed by atoms with Crippen molar-refractivity contribution in [3.63, 3.8) is 0 Å². The first kappa shape index (κ1) is 19.8. The van der Waals surface area contributed by atoms with Crippen LogP contribution in [0.4, 0.5) is 5.82 Å². The fraction of sp³-hybridized carbons (Fsp3) is 0.158. The number of anilines is 1. The van der Waals surface area contributed by atoms with E-state index in [1.54, 1.807) is 56.8 Å². The molecule has 28 heavy (non-hydrogen) atoms. The Labute approximate surface area is 171 Å². The molecule has 144 valence electrons. The number of carbonyl (C=O) groups is 2. The van der Waals surface area contributed by atoms with Crippen molar-refractivity contribution in [3.05, 3.63) is 53.1 Å². The molecule has 0 atom stereocenters. The van der Waals surface area contributed by atoms with Crippen LogP contribution in [-0.2, 0) is 9.59 Å². The van der Waals surface area contributed by atoms with Crippen LogP contribution in [0.2, 0.25) is 0 Å². The zero-order valence-corrected chi connectivity index (χ0v) is 16.8. The van der Waals surface area contributed by atoms with Crippen LogP contribution in [-0.4, -0.2) is 46.8 Å². The van der Waals surface area contributed by atoms with Crippen molar-refractivity contribution in [3.8, 4) is 11.5 Å². The predicted molar refractivity (Wildman–Crippen MR) is 112 cm³/mol. The van der Waals surface area contributed by atoms with E-state index in [0.717, 1.165) is 17.3 Å². The highest BCUT2D eigenvalue weighted by atomic mass is 32.2. The fourth-order valence-electron chi connectivity index (χ4n) is 2.49. The summed E-state index contributed by atoms with van der Waals surface area (Å²) in [5, 5.41) is 2.64. The first-order valence-corrected chi connectivity index (χ1v) is 9.42. The van der Waals surface area contributed by atoms with E-state index < -0.39 is 0 Å². The molecule has 1 aliphatic rings. The lowest BCUT2D eigenvalue weighted by atomic mass is 10.2. The third kappa shape index (κ3) is 4.49. The molecule has 7 nitrogen and oxygen atoms in total. The van der Waals surface area contributed by atoms with Crippen molar-refractivity contribution < 1.29 is 19.1 Å². The Morgan fingerprint density at radius 3 is 2.71 bits per heavy atom. The molecule has 0 radical (unpaired) electrons. The second kappa shape index (κ2) is 8.85. The molecule has 0 spiro atoms. The van der Waals surface area contributed by atoms with Crippen molar-refractivity contribution >= 4 is 52.0 Å². The lowest BCUT2D eigenvalue weighted by Crippen LogP contribution is -2.36. The third-order valence-corrected chi connectivity index (χ3v) is 5.19. The van der Waals surface area contributed by atoms with E-state index in [1.807, 2.05) is 6.07 Å². The number of thiocarbonyl (C=S) groups is 1. The number of nitrogens with zero attached hydrogens (tertiary/aromatic N) is 2. The van der Waals surface area contributed by atoms with Gasteiger partial charge in [0.25, 0.3) is 5.91 Å². The normalized spacial score (nSPS) is 15.1. The molecule has 1 saturated heterocycles. The summed E-state index contributed by atoms with van der Waals surface area (Å²) < 4.78 is 10.8. The molecular formula is C19H17N3O4S2. The quantitative estimate of drug-likeness (QED) is 0.574. The lowest BCUT2D eigenvalue weighted by molar-refractivity contribution is -0.126. The van der Waals surface area contributed by atoms with E-state index in [1.165, 1.54) is 4.90 Å². The average Bonchev–Trinajstić information content (AvgIpc) is 2.96. The van der Waals surface area contributed by atoms with Gasteiger partial charge in [0.05, 0.1) is 19.1 Å². The lowest BCUT2D eigenvalue weighted by Gasteiger charge is -2.13. The molecule has 0 aliphatic carbocycles. The molecule has 1 fully saturated rings. The Morgan fingerprint density at radius 2 is 2.04 bits per heavy atom. The minimum absolute atomic E-state index is 0.176. The van der Waals surface area contributed by atoms with Gasteiger partial charge in [-0.2, -0.15) is 0 Å². The van der Waals surface area contributed by atoms with Gasteiger partial charge in [-0.05, 0) is 35.9 Å². The number of hydrogen-bond donors (Lipinski definition) is 1. The molecule has 0 saturated carbocycles. The molecule has 2 aromatic rings. The molecule has 1 N–H and O–H groups in total. The maximum absolute atomic E-state index is 12.7. The first-order chi connectivity index (χ1) is 13.5. The van der Waals surface area contributed by atoms with Gasteiger partial charge in [0.15, 0.2) is 11.5 Å². The van der Waals surface area contributed by atoms with Crippen LogP contribution in [0.25, 0.3) is 6.08 Å². The predicted octanol–water partition coefficient (Wildman–Crippen LogP) is 2.94. The number of amides is 2. The van der Waals surface area contributed by atoms with Crippen LogP contribution in [0.3, 0.4) is 0 Å². The zero-order chi connectivity index (χ0) is 20.1. The number of ether oxygens (including phenoxy) is 2. The minimum atomic E-state index is -0.373. The molecule has 1 aromatic heterocycles. The number of aromatic nitrogens is 1. The molecule has 0 bridgehead atoms. The van der Waals surface area contributed by atoms with Crippen LogP contribution in [0.15, 0.2) is 47.5 Å². The first-order valence-electron chi connectivity index (χ1n) is 8.20. The maximum atomic E-state index is 12.7. The monoisotopic (exact) mass is 415 g/mol. The van der Waals surface area contributed by atoms with Crippen LogP contribution >= 0.6 is 24.0 Å². The number of rotatable bonds is 6. The summed E-state index contributed by atoms with van der Waals surface area (Å²) in [4.78, 5) is 30.6. The van der Waals surface area contributed by atoms with Gasteiger partial charge < -0.3 is 14.8 Å². The highest BCUT2D eigenvalue weighted by Gasteiger charge is 2.33. The number of methoxy groups -OCH3 is 2. The minimum Gasteiger partial charge on any atom is -0.493 e. The second-order valence-electron chi connectivity index (χ2n) is 5.65. The van der Waals surface area contributed by atoms with Gasteiger partial charge in [0.1, 0.15) is 16.7 Å². The number of pyridine rings is 1. The van der Waals surface area contributed by atoms with E-state index in [0.29, 0.717) is 26.5 Å². The molecule has 1 aromatic carbocycles. The highest BCUT2D eigenvalue weighted by molar-refractivity contribution is 8.26. The zero-order valence-electron chi connectivity index (χ0n) is 15.2. The number of benzene rings is 1. The van der Waals surface area contributed by atoms with Crippen LogP contribution in [0.5, 0.6) is 11.5 Å². The Morgan fingerprint density at radius 1 is 1.25 bits per heavy atom. The van der Waals surface area contributed by atoms with E-state index in [9.17, 15) is 9.59 Å². The van der Waals surface area contributed by atoms with Gasteiger partial charge in [-0.15, -0.1) is 0 Å². The summed E-state index contributed by atoms with van der Waals surface area (Å²) in [7, 11) is 3.10. The number of hydrogen-bond acceptors (Lipinski definition) is 7. The van der Waals surface area contributed by atoms with Crippen molar-refractivity contribution in [2.24, 2.45) is 0 Å². The molecule has 9 heteroatoms. The average molecular weight is 415 g/mol. The summed E-state index contributed by atoms with van der Waals surface area (Å²) in [5.41, 5.74) is 0.760. The standard InChI is InChI=1S/C19H17N3O4S2/c1-25-13-7-6-12(9-14(13)26-2)10-15-18(24)22(19(27)28-15)11-17(23)21-16-5-3-4-8-20-16/h3-10H,11H2,1-2H3,(H,20,21,23)/b15-10-. The number of carbonyl (C=O) groups excluding carboxylic acids is 2. The highest BCUT2D eigenvalue weighted by Crippen LogP contribution is 2.34. The number of nitrogens with one attached hydrogen (secondary N) is 1. The second-order valence-corrected chi connectivity index (χ2v) is 7.32. The third-order valence-electron chi connectivity index (χ3n) is 3.81. The van der Waals surface area contributed by atoms with Crippen LogP contribution in [0.1, 0.15) is 5.56 Å². The Kier molecular flexibility index (Phi) is 6.27. The Bertz CT molecular complexity index is 947. The maximum Gasteiger partial charge on any atom is 0.266 e. The summed E-state index contributed by atoms with van der Waals surface area (Å²) in [6, 6.07) is 10.5. The summed E-state index contributed by atoms with van der Waals surface area (Å²) in [5.74, 6) is 0.877. The summed E-state index contributed by atoms with van der Waals surface area (Å²) in [6.45, 7) is -0.176. The van der Waals surface area contributed by atoms with Gasteiger partial charge in [0.2, 0.25) is 5.91 Å². The van der Waals surface area contributed by atoms with Crippen molar-refractivity contribution in [2.75, 3.05) is 26.1 Å². The van der Waals surface area contributed by atoms with Gasteiger partial charge in [-0.1, -0.05) is 36.1 Å². The molecule has 3 rings (SSSR count). The van der Waals surface area contributed by atoms with Gasteiger partial charge in [-0.3, -0.25) is 14.5 Å². The smallest absolute Gasteiger partial charge is 0.266 e. The van der Waals surface area contributed by atoms with E-state index in [-0.39, 0.29) is 18.4 Å². The molecule has 2 heterocycles. The van der Waals surface area contributed by atoms with E-state index in [4.69, 9.17) is 21.7 Å². The fourth-order valence-corrected chi connectivity index (χ4v) is 3.75. The molecule has 2 amide bonds. The summed E-state index contributed by atoms with van der Waals surface area (Å²) >= 11 is 6.42. The van der Waals surface area contributed by atoms with Gasteiger partial charge in [-0.25, -0.2) is 4.98 Å². The molecule has 0 unspecified atom stereocenters. The summed E-state index contributed by atoms with van der Waals surface area (Å²) in [6.07, 6.45) is 3.28. The topological polar surface area (TPSA) is 80.8 Å². The molecular weight excluding hydrogens is 398 g/mol. The van der Waals surface area contributed by atoms with Crippen molar-refractivity contribution in [1.82, 2.24) is 9.88 Å². The Balaban J connectivity index is 1.72. The number of thioether (sulfide) groups is 1. The van der Waals surface area contributed by atoms with Crippen molar-refractivity contribution in [1.29, 1.82) is 0 Å². The van der Waals surface area contributed by atoms with Crippen LogP contribution < -0.4 is 14.8 Å². The van der Waals surface area contributed by atoms with Gasteiger partial charge >= 0.3 is 0 Å².